The van der Waals surface area contributed by atoms with Crippen molar-refractivity contribution in [2.75, 3.05) is 0 Å². The van der Waals surface area contributed by atoms with Crippen molar-refractivity contribution < 1.29 is 12.6 Å². The zero-order valence-electron chi connectivity index (χ0n) is 14.6. The average Bonchev–Trinajstić information content (AvgIpc) is 3.10. The Morgan fingerprint density at radius 3 is 2.19 bits per heavy atom. The topological polar surface area (TPSA) is 55.4 Å². The van der Waals surface area contributed by atoms with Crippen LogP contribution in [0.15, 0.2) is 83.8 Å². The van der Waals surface area contributed by atoms with E-state index in [1.54, 1.807) is 24.3 Å². The lowest BCUT2D eigenvalue weighted by Gasteiger charge is -2.13. The van der Waals surface area contributed by atoms with E-state index in [1.165, 1.54) is 0 Å². The Morgan fingerprint density at radius 2 is 1.44 bits per heavy atom. The van der Waals surface area contributed by atoms with Crippen molar-refractivity contribution in [2.24, 2.45) is 0 Å². The average molecular weight is 377 g/mol. The second-order valence-corrected chi connectivity index (χ2v) is 7.90. The molecule has 3 aromatic rings. The Kier molecular flexibility index (Phi) is 4.90. The van der Waals surface area contributed by atoms with Crippen LogP contribution >= 0.6 is 0 Å². The van der Waals surface area contributed by atoms with Gasteiger partial charge < -0.3 is 0 Å². The lowest BCUT2D eigenvalue weighted by Crippen LogP contribution is -2.20. The molecule has 4 nitrogen and oxygen atoms in total. The molecule has 1 aliphatic rings. The predicted octanol–water partition coefficient (Wildman–Crippen LogP) is 4.36. The molecule has 0 fully saturated rings. The molecule has 0 aliphatic carbocycles. The molecular weight excluding hydrogens is 358 g/mol. The normalized spacial score (nSPS) is 16.5. The molecule has 0 bridgehead atoms. The Hall–Kier alpha value is -2.73. The second kappa shape index (κ2) is 7.48. The van der Waals surface area contributed by atoms with Gasteiger partial charge in [0, 0.05) is 12.1 Å². The number of nitrogens with one attached hydrogen (secondary N) is 1. The lowest BCUT2D eigenvalue weighted by molar-refractivity contribution is 0.187. The fraction of sp³-hybridized carbons (Fsp3) is 0.0909. The molecule has 0 saturated heterocycles. The molecule has 1 N–H and O–H groups in total. The van der Waals surface area contributed by atoms with E-state index < -0.39 is 16.3 Å². The summed E-state index contributed by atoms with van der Waals surface area (Å²) in [7, 11) is -3.86. The minimum Gasteiger partial charge on any atom is -0.283 e. The minimum absolute atomic E-state index is 0.144. The first-order valence-electron chi connectivity index (χ1n) is 8.69. The van der Waals surface area contributed by atoms with Crippen LogP contribution in [0.4, 0.5) is 0 Å². The Morgan fingerprint density at radius 1 is 0.815 bits per heavy atom. The van der Waals surface area contributed by atoms with Crippen molar-refractivity contribution in [3.63, 3.8) is 0 Å². The molecule has 0 saturated carbocycles. The van der Waals surface area contributed by atoms with Crippen molar-refractivity contribution in [1.29, 1.82) is 0 Å². The van der Waals surface area contributed by atoms with Crippen LogP contribution in [0.25, 0.3) is 12.2 Å². The maximum Gasteiger partial charge on any atom is 0.298 e. The van der Waals surface area contributed by atoms with E-state index in [4.69, 9.17) is 4.18 Å². The summed E-state index contributed by atoms with van der Waals surface area (Å²) in [6.45, 7) is 0.597. The summed E-state index contributed by atoms with van der Waals surface area (Å²) < 4.78 is 30.6. The van der Waals surface area contributed by atoms with E-state index in [1.807, 2.05) is 66.7 Å². The van der Waals surface area contributed by atoms with Crippen molar-refractivity contribution in [3.05, 3.63) is 101 Å². The molecule has 5 heteroatoms. The van der Waals surface area contributed by atoms with Crippen molar-refractivity contribution >= 4 is 22.3 Å². The van der Waals surface area contributed by atoms with Gasteiger partial charge in [-0.1, -0.05) is 78.9 Å². The maximum atomic E-state index is 12.6. The molecule has 1 atom stereocenters. The summed E-state index contributed by atoms with van der Waals surface area (Å²) in [5.74, 6) is 0. The van der Waals surface area contributed by atoms with Gasteiger partial charge in [-0.3, -0.25) is 5.32 Å². The SMILES string of the molecule is O=S(=O)(OC1NCc2ccccc21)c1ccc(C=Cc2ccccc2)cc1. The summed E-state index contributed by atoms with van der Waals surface area (Å²) >= 11 is 0. The van der Waals surface area contributed by atoms with Gasteiger partial charge in [-0.05, 0) is 28.8 Å². The highest BCUT2D eigenvalue weighted by molar-refractivity contribution is 7.86. The Labute approximate surface area is 159 Å². The van der Waals surface area contributed by atoms with Gasteiger partial charge in [0.05, 0.1) is 4.90 Å². The van der Waals surface area contributed by atoms with Crippen molar-refractivity contribution in [3.8, 4) is 0 Å². The standard InChI is InChI=1S/C22H19NO3S/c24-27(25,26-22-21-9-5-4-8-19(21)16-23-22)20-14-12-18(13-15-20)11-10-17-6-2-1-3-7-17/h1-15,22-23H,16H2. The van der Waals surface area contributed by atoms with Crippen LogP contribution in [0.2, 0.25) is 0 Å². The minimum atomic E-state index is -3.86. The van der Waals surface area contributed by atoms with Crippen LogP contribution in [-0.2, 0) is 20.8 Å². The summed E-state index contributed by atoms with van der Waals surface area (Å²) in [6.07, 6.45) is 3.28. The second-order valence-electron chi connectivity index (χ2n) is 6.32. The molecule has 136 valence electrons. The molecule has 1 heterocycles. The van der Waals surface area contributed by atoms with Crippen LogP contribution in [0, 0.1) is 0 Å². The van der Waals surface area contributed by atoms with Gasteiger partial charge in [0.2, 0.25) is 0 Å². The highest BCUT2D eigenvalue weighted by Gasteiger charge is 2.28. The number of fused-ring (bicyclic) bond motifs is 1. The first kappa shape index (κ1) is 17.7. The van der Waals surface area contributed by atoms with E-state index in [9.17, 15) is 8.42 Å². The van der Waals surface area contributed by atoms with Crippen LogP contribution < -0.4 is 5.32 Å². The van der Waals surface area contributed by atoms with Gasteiger partial charge in [-0.15, -0.1) is 0 Å². The third kappa shape index (κ3) is 4.01. The molecule has 1 unspecified atom stereocenters. The van der Waals surface area contributed by atoms with Crippen molar-refractivity contribution in [2.45, 2.75) is 17.7 Å². The summed E-state index contributed by atoms with van der Waals surface area (Å²) in [6, 6.07) is 24.3. The third-order valence-corrected chi connectivity index (χ3v) is 5.77. The van der Waals surface area contributed by atoms with Gasteiger partial charge in [-0.2, -0.15) is 8.42 Å². The smallest absolute Gasteiger partial charge is 0.283 e. The third-order valence-electron chi connectivity index (χ3n) is 4.47. The Balaban J connectivity index is 1.49. The van der Waals surface area contributed by atoms with Crippen LogP contribution in [0.3, 0.4) is 0 Å². The van der Waals surface area contributed by atoms with E-state index in [0.29, 0.717) is 6.54 Å². The monoisotopic (exact) mass is 377 g/mol. The predicted molar refractivity (Wildman–Crippen MR) is 106 cm³/mol. The van der Waals surface area contributed by atoms with Gasteiger partial charge in [-0.25, -0.2) is 4.18 Å². The van der Waals surface area contributed by atoms with Gasteiger partial charge in [0.1, 0.15) is 0 Å². The van der Waals surface area contributed by atoms with Crippen LogP contribution in [0.5, 0.6) is 0 Å². The summed E-state index contributed by atoms with van der Waals surface area (Å²) in [4.78, 5) is 0.144. The lowest BCUT2D eigenvalue weighted by atomic mass is 10.1. The quantitative estimate of drug-likeness (QED) is 0.530. The van der Waals surface area contributed by atoms with Crippen molar-refractivity contribution in [1.82, 2.24) is 5.32 Å². The van der Waals surface area contributed by atoms with Crippen LogP contribution in [-0.4, -0.2) is 8.42 Å². The van der Waals surface area contributed by atoms with E-state index >= 15 is 0 Å². The molecule has 1 aliphatic heterocycles. The number of hydrogen-bond donors (Lipinski definition) is 1. The molecule has 0 aromatic heterocycles. The zero-order chi connectivity index (χ0) is 18.7. The van der Waals surface area contributed by atoms with Gasteiger partial charge in [0.15, 0.2) is 6.23 Å². The van der Waals surface area contributed by atoms with E-state index in [2.05, 4.69) is 5.32 Å². The first-order chi connectivity index (χ1) is 13.1. The number of hydrogen-bond acceptors (Lipinski definition) is 4. The molecule has 27 heavy (non-hydrogen) atoms. The molecule has 4 rings (SSSR count). The highest BCUT2D eigenvalue weighted by Crippen LogP contribution is 2.29. The first-order valence-corrected chi connectivity index (χ1v) is 10.1. The van der Waals surface area contributed by atoms with Crippen LogP contribution in [0.1, 0.15) is 28.5 Å². The number of benzene rings is 3. The summed E-state index contributed by atoms with van der Waals surface area (Å²) in [5.41, 5.74) is 3.92. The molecular formula is C22H19NO3S. The largest absolute Gasteiger partial charge is 0.298 e. The maximum absolute atomic E-state index is 12.6. The molecule has 0 spiro atoms. The molecule has 3 aromatic carbocycles. The molecule has 0 amide bonds. The summed E-state index contributed by atoms with van der Waals surface area (Å²) in [5, 5.41) is 3.09. The van der Waals surface area contributed by atoms with E-state index in [0.717, 1.165) is 22.3 Å². The Bertz CT molecular complexity index is 1060. The number of rotatable bonds is 5. The zero-order valence-corrected chi connectivity index (χ0v) is 15.4. The fourth-order valence-electron chi connectivity index (χ4n) is 3.03. The molecule has 0 radical (unpaired) electrons. The van der Waals surface area contributed by atoms with Gasteiger partial charge in [0.25, 0.3) is 10.1 Å². The highest BCUT2D eigenvalue weighted by atomic mass is 32.2. The van der Waals surface area contributed by atoms with E-state index in [-0.39, 0.29) is 4.90 Å². The fourth-order valence-corrected chi connectivity index (χ4v) is 4.04. The van der Waals surface area contributed by atoms with Gasteiger partial charge >= 0.3 is 0 Å².